The van der Waals surface area contributed by atoms with Crippen LogP contribution in [0.5, 0.6) is 0 Å². The molecule has 10 heavy (non-hydrogen) atoms. The van der Waals surface area contributed by atoms with Crippen LogP contribution in [0.25, 0.3) is 0 Å². The van der Waals surface area contributed by atoms with Crippen LogP contribution < -0.4 is 11.5 Å². The summed E-state index contributed by atoms with van der Waals surface area (Å²) >= 11 is 0. The van der Waals surface area contributed by atoms with Crippen molar-refractivity contribution in [3.05, 3.63) is 0 Å². The summed E-state index contributed by atoms with van der Waals surface area (Å²) in [5.74, 6) is 0.617. The molecule has 0 heterocycles. The van der Waals surface area contributed by atoms with Gasteiger partial charge in [-0.3, -0.25) is 0 Å². The Morgan fingerprint density at radius 3 is 2.60 bits per heavy atom. The second-order valence-corrected chi connectivity index (χ2v) is 3.58. The van der Waals surface area contributed by atoms with Crippen LogP contribution in [0.3, 0.4) is 0 Å². The predicted molar refractivity (Wildman–Crippen MR) is 43.6 cm³/mol. The van der Waals surface area contributed by atoms with E-state index in [4.69, 9.17) is 11.5 Å². The zero-order valence-corrected chi connectivity index (χ0v) is 6.77. The second kappa shape index (κ2) is 2.89. The van der Waals surface area contributed by atoms with E-state index in [2.05, 4.69) is 6.92 Å². The molecule has 0 bridgehead atoms. The number of rotatable bonds is 1. The average molecular weight is 142 g/mol. The Balaban J connectivity index is 2.54. The number of hydrogen-bond donors (Lipinski definition) is 2. The molecule has 60 valence electrons. The van der Waals surface area contributed by atoms with Gasteiger partial charge in [0.05, 0.1) is 0 Å². The lowest BCUT2D eigenvalue weighted by molar-refractivity contribution is 0.212. The summed E-state index contributed by atoms with van der Waals surface area (Å²) in [7, 11) is 0. The van der Waals surface area contributed by atoms with Crippen molar-refractivity contribution in [3.8, 4) is 0 Å². The summed E-state index contributed by atoms with van der Waals surface area (Å²) in [5, 5.41) is 0. The fraction of sp³-hybridized carbons (Fsp3) is 1.00. The van der Waals surface area contributed by atoms with E-state index in [9.17, 15) is 0 Å². The normalized spacial score (nSPS) is 41.7. The molecule has 0 saturated heterocycles. The van der Waals surface area contributed by atoms with E-state index < -0.39 is 0 Å². The van der Waals surface area contributed by atoms with Crippen LogP contribution in [0.1, 0.15) is 32.6 Å². The SMILES string of the molecule is C[C@@H]1CCCC[C@@]1(N)CN. The summed E-state index contributed by atoms with van der Waals surface area (Å²) < 4.78 is 0. The lowest BCUT2D eigenvalue weighted by Crippen LogP contribution is -2.53. The standard InChI is InChI=1S/C8H18N2/c1-7-4-2-3-5-8(7,10)6-9/h7H,2-6,9-10H2,1H3/t7-,8-/m1/s1. The zero-order chi connectivity index (χ0) is 7.61. The topological polar surface area (TPSA) is 52.0 Å². The van der Waals surface area contributed by atoms with Crippen molar-refractivity contribution in [3.63, 3.8) is 0 Å². The lowest BCUT2D eigenvalue weighted by atomic mass is 9.74. The Labute approximate surface area is 63.0 Å². The molecule has 0 aromatic carbocycles. The van der Waals surface area contributed by atoms with Crippen LogP contribution in [0.4, 0.5) is 0 Å². The highest BCUT2D eigenvalue weighted by Crippen LogP contribution is 2.30. The summed E-state index contributed by atoms with van der Waals surface area (Å²) in [4.78, 5) is 0. The third-order valence-corrected chi connectivity index (χ3v) is 2.89. The minimum Gasteiger partial charge on any atom is -0.329 e. The van der Waals surface area contributed by atoms with Gasteiger partial charge in [0, 0.05) is 12.1 Å². The number of nitrogens with two attached hydrogens (primary N) is 2. The maximum atomic E-state index is 6.08. The predicted octanol–water partition coefficient (Wildman–Crippen LogP) is 0.853. The van der Waals surface area contributed by atoms with E-state index in [1.54, 1.807) is 0 Å². The summed E-state index contributed by atoms with van der Waals surface area (Å²) in [6.07, 6.45) is 4.97. The van der Waals surface area contributed by atoms with Crippen molar-refractivity contribution < 1.29 is 0 Å². The molecule has 1 aliphatic rings. The van der Waals surface area contributed by atoms with Crippen LogP contribution in [-0.4, -0.2) is 12.1 Å². The average Bonchev–Trinajstić information content (AvgIpc) is 1.96. The molecular formula is C8H18N2. The Bertz CT molecular complexity index is 114. The van der Waals surface area contributed by atoms with Crippen LogP contribution in [-0.2, 0) is 0 Å². The van der Waals surface area contributed by atoms with Crippen LogP contribution in [0.15, 0.2) is 0 Å². The molecule has 0 aromatic rings. The van der Waals surface area contributed by atoms with Crippen molar-refractivity contribution in [1.82, 2.24) is 0 Å². The molecule has 0 spiro atoms. The third kappa shape index (κ3) is 1.32. The Morgan fingerprint density at radius 1 is 1.50 bits per heavy atom. The molecule has 0 radical (unpaired) electrons. The minimum absolute atomic E-state index is 0.0434. The summed E-state index contributed by atoms with van der Waals surface area (Å²) in [5.41, 5.74) is 11.6. The molecule has 1 rings (SSSR count). The molecule has 0 aromatic heterocycles. The first-order chi connectivity index (χ1) is 4.69. The van der Waals surface area contributed by atoms with Crippen LogP contribution in [0.2, 0.25) is 0 Å². The maximum absolute atomic E-state index is 6.08. The highest BCUT2D eigenvalue weighted by Gasteiger charge is 2.32. The first-order valence-corrected chi connectivity index (χ1v) is 4.18. The fourth-order valence-electron chi connectivity index (χ4n) is 1.74. The van der Waals surface area contributed by atoms with E-state index >= 15 is 0 Å². The molecule has 2 heteroatoms. The molecular weight excluding hydrogens is 124 g/mol. The highest BCUT2D eigenvalue weighted by atomic mass is 14.8. The van der Waals surface area contributed by atoms with Gasteiger partial charge in [0.2, 0.25) is 0 Å². The number of hydrogen-bond acceptors (Lipinski definition) is 2. The minimum atomic E-state index is -0.0434. The fourth-order valence-corrected chi connectivity index (χ4v) is 1.74. The van der Waals surface area contributed by atoms with Gasteiger partial charge in [0.15, 0.2) is 0 Å². The first kappa shape index (κ1) is 8.02. The van der Waals surface area contributed by atoms with E-state index in [-0.39, 0.29) is 5.54 Å². The molecule has 2 nitrogen and oxygen atoms in total. The molecule has 0 amide bonds. The van der Waals surface area contributed by atoms with Crippen molar-refractivity contribution in [2.45, 2.75) is 38.1 Å². The molecule has 1 saturated carbocycles. The quantitative estimate of drug-likeness (QED) is 0.570. The first-order valence-electron chi connectivity index (χ1n) is 4.18. The van der Waals surface area contributed by atoms with Gasteiger partial charge >= 0.3 is 0 Å². The maximum Gasteiger partial charge on any atom is 0.0304 e. The highest BCUT2D eigenvalue weighted by molar-refractivity contribution is 4.92. The van der Waals surface area contributed by atoms with E-state index in [0.717, 1.165) is 6.42 Å². The molecule has 0 aliphatic heterocycles. The van der Waals surface area contributed by atoms with Gasteiger partial charge in [0.25, 0.3) is 0 Å². The van der Waals surface area contributed by atoms with Crippen LogP contribution >= 0.6 is 0 Å². The summed E-state index contributed by atoms with van der Waals surface area (Å²) in [6.45, 7) is 2.86. The molecule has 1 fully saturated rings. The van der Waals surface area contributed by atoms with Gasteiger partial charge in [-0.1, -0.05) is 19.8 Å². The van der Waals surface area contributed by atoms with Gasteiger partial charge < -0.3 is 11.5 Å². The Morgan fingerprint density at radius 2 is 2.20 bits per heavy atom. The zero-order valence-electron chi connectivity index (χ0n) is 6.77. The third-order valence-electron chi connectivity index (χ3n) is 2.89. The second-order valence-electron chi connectivity index (χ2n) is 3.58. The van der Waals surface area contributed by atoms with E-state index in [0.29, 0.717) is 12.5 Å². The largest absolute Gasteiger partial charge is 0.329 e. The van der Waals surface area contributed by atoms with Crippen molar-refractivity contribution in [2.24, 2.45) is 17.4 Å². The van der Waals surface area contributed by atoms with Gasteiger partial charge in [-0.05, 0) is 18.8 Å². The molecule has 1 aliphatic carbocycles. The van der Waals surface area contributed by atoms with Gasteiger partial charge in [-0.15, -0.1) is 0 Å². The van der Waals surface area contributed by atoms with E-state index in [1.807, 2.05) is 0 Å². The molecule has 2 atom stereocenters. The molecule has 4 N–H and O–H groups in total. The van der Waals surface area contributed by atoms with Crippen molar-refractivity contribution in [1.29, 1.82) is 0 Å². The Hall–Kier alpha value is -0.0800. The van der Waals surface area contributed by atoms with Gasteiger partial charge in [0.1, 0.15) is 0 Å². The van der Waals surface area contributed by atoms with Crippen molar-refractivity contribution in [2.75, 3.05) is 6.54 Å². The Kier molecular flexibility index (Phi) is 2.32. The van der Waals surface area contributed by atoms with Crippen LogP contribution in [0, 0.1) is 5.92 Å². The van der Waals surface area contributed by atoms with Crippen molar-refractivity contribution >= 4 is 0 Å². The molecule has 0 unspecified atom stereocenters. The summed E-state index contributed by atoms with van der Waals surface area (Å²) in [6, 6.07) is 0. The smallest absolute Gasteiger partial charge is 0.0304 e. The lowest BCUT2D eigenvalue weighted by Gasteiger charge is -2.38. The van der Waals surface area contributed by atoms with E-state index in [1.165, 1.54) is 19.3 Å². The van der Waals surface area contributed by atoms with Gasteiger partial charge in [-0.25, -0.2) is 0 Å². The monoisotopic (exact) mass is 142 g/mol. The van der Waals surface area contributed by atoms with Gasteiger partial charge in [-0.2, -0.15) is 0 Å².